The predicted molar refractivity (Wildman–Crippen MR) is 104 cm³/mol. The quantitative estimate of drug-likeness (QED) is 0.585. The second kappa shape index (κ2) is 8.59. The van der Waals surface area contributed by atoms with E-state index >= 15 is 0 Å². The number of piperazine rings is 1. The van der Waals surface area contributed by atoms with E-state index < -0.39 is 21.7 Å². The van der Waals surface area contributed by atoms with E-state index in [1.165, 1.54) is 34.6 Å². The molecule has 0 saturated carbocycles. The van der Waals surface area contributed by atoms with Crippen LogP contribution in [0.5, 0.6) is 0 Å². The summed E-state index contributed by atoms with van der Waals surface area (Å²) in [5.74, 6) is -1.29. The Morgan fingerprint density at radius 1 is 1.11 bits per heavy atom. The van der Waals surface area contributed by atoms with Crippen LogP contribution in [0.15, 0.2) is 58.5 Å². The minimum absolute atomic E-state index is 0.100. The summed E-state index contributed by atoms with van der Waals surface area (Å²) >= 11 is 0. The summed E-state index contributed by atoms with van der Waals surface area (Å²) in [6.45, 7) is 3.80. The molecule has 1 aliphatic heterocycles. The maximum Gasteiger partial charge on any atom is 0.274 e. The Labute approximate surface area is 163 Å². The van der Waals surface area contributed by atoms with Gasteiger partial charge in [0.1, 0.15) is 5.82 Å². The molecule has 0 aromatic heterocycles. The van der Waals surface area contributed by atoms with Gasteiger partial charge in [-0.1, -0.05) is 24.3 Å². The van der Waals surface area contributed by atoms with Gasteiger partial charge in [-0.2, -0.15) is 9.41 Å². The Bertz CT molecular complexity index is 984. The van der Waals surface area contributed by atoms with E-state index in [9.17, 15) is 17.6 Å². The van der Waals surface area contributed by atoms with Crippen LogP contribution in [0.3, 0.4) is 0 Å². The lowest BCUT2D eigenvalue weighted by molar-refractivity contribution is 0.0951. The number of carbonyl (C=O) groups is 1. The predicted octanol–water partition coefficient (Wildman–Crippen LogP) is 1.57. The van der Waals surface area contributed by atoms with E-state index in [1.54, 1.807) is 25.1 Å². The van der Waals surface area contributed by atoms with E-state index in [-0.39, 0.29) is 10.5 Å². The summed E-state index contributed by atoms with van der Waals surface area (Å²) in [7, 11) is -3.53. The van der Waals surface area contributed by atoms with E-state index in [2.05, 4.69) is 15.8 Å². The second-order valence-electron chi connectivity index (χ2n) is 6.30. The van der Waals surface area contributed by atoms with Gasteiger partial charge in [-0.15, -0.1) is 0 Å². The van der Waals surface area contributed by atoms with Crippen molar-refractivity contribution in [1.82, 2.24) is 15.0 Å². The molecule has 0 radical (unpaired) electrons. The van der Waals surface area contributed by atoms with Crippen molar-refractivity contribution in [2.45, 2.75) is 11.8 Å². The van der Waals surface area contributed by atoms with Gasteiger partial charge in [0.25, 0.3) is 5.91 Å². The van der Waals surface area contributed by atoms with Gasteiger partial charge in [-0.05, 0) is 36.8 Å². The summed E-state index contributed by atoms with van der Waals surface area (Å²) < 4.78 is 40.4. The molecule has 7 nitrogen and oxygen atoms in total. The lowest BCUT2D eigenvalue weighted by atomic mass is 10.1. The highest BCUT2D eigenvalue weighted by Gasteiger charge is 2.25. The molecule has 2 N–H and O–H groups in total. The molecule has 0 spiro atoms. The van der Waals surface area contributed by atoms with E-state index in [0.717, 1.165) is 0 Å². The average Bonchev–Trinajstić information content (AvgIpc) is 2.73. The van der Waals surface area contributed by atoms with E-state index in [0.29, 0.717) is 37.5 Å². The molecule has 28 heavy (non-hydrogen) atoms. The van der Waals surface area contributed by atoms with Crippen molar-refractivity contribution >= 4 is 21.6 Å². The highest BCUT2D eigenvalue weighted by molar-refractivity contribution is 7.89. The average molecular weight is 404 g/mol. The lowest BCUT2D eigenvalue weighted by Crippen LogP contribution is -2.46. The van der Waals surface area contributed by atoms with Gasteiger partial charge in [0.15, 0.2) is 0 Å². The molecule has 9 heteroatoms. The van der Waals surface area contributed by atoms with Crippen LogP contribution < -0.4 is 10.7 Å². The number of amides is 1. The third kappa shape index (κ3) is 4.44. The number of benzene rings is 2. The van der Waals surface area contributed by atoms with Crippen LogP contribution in [0.25, 0.3) is 0 Å². The molecule has 148 valence electrons. The Kier molecular flexibility index (Phi) is 6.18. The van der Waals surface area contributed by atoms with Crippen LogP contribution in [-0.2, 0) is 10.0 Å². The number of hydrazone groups is 1. The number of carbonyl (C=O) groups excluding carboxylic acids is 1. The van der Waals surface area contributed by atoms with Gasteiger partial charge < -0.3 is 5.32 Å². The number of rotatable bonds is 5. The Balaban J connectivity index is 1.71. The zero-order chi connectivity index (χ0) is 20.1. The largest absolute Gasteiger partial charge is 0.314 e. The molecule has 1 aliphatic rings. The molecule has 0 unspecified atom stereocenters. The topological polar surface area (TPSA) is 90.9 Å². The third-order valence-electron chi connectivity index (χ3n) is 4.43. The molecule has 0 bridgehead atoms. The fourth-order valence-corrected chi connectivity index (χ4v) is 4.25. The minimum atomic E-state index is -3.53. The van der Waals surface area contributed by atoms with Gasteiger partial charge in [0.2, 0.25) is 10.0 Å². The van der Waals surface area contributed by atoms with Crippen molar-refractivity contribution in [2.24, 2.45) is 5.10 Å². The summed E-state index contributed by atoms with van der Waals surface area (Å²) in [6.07, 6.45) is 0. The van der Waals surface area contributed by atoms with Gasteiger partial charge >= 0.3 is 0 Å². The van der Waals surface area contributed by atoms with Gasteiger partial charge in [0.05, 0.1) is 16.2 Å². The molecule has 2 aromatic carbocycles. The Morgan fingerprint density at radius 3 is 2.39 bits per heavy atom. The molecule has 3 rings (SSSR count). The van der Waals surface area contributed by atoms with Gasteiger partial charge in [-0.3, -0.25) is 4.79 Å². The molecule has 1 fully saturated rings. The zero-order valence-corrected chi connectivity index (χ0v) is 16.2. The normalized spacial score (nSPS) is 16.0. The first-order valence-electron chi connectivity index (χ1n) is 8.80. The van der Waals surface area contributed by atoms with E-state index in [1.807, 2.05) is 0 Å². The number of sulfonamides is 1. The fraction of sp³-hybridized carbons (Fsp3) is 0.263. The van der Waals surface area contributed by atoms with Crippen molar-refractivity contribution in [3.63, 3.8) is 0 Å². The lowest BCUT2D eigenvalue weighted by Gasteiger charge is -2.26. The van der Waals surface area contributed by atoms with Crippen molar-refractivity contribution in [3.05, 3.63) is 65.5 Å². The molecular formula is C19H21FN4O3S. The van der Waals surface area contributed by atoms with Crippen LogP contribution in [0.2, 0.25) is 0 Å². The van der Waals surface area contributed by atoms with Crippen LogP contribution in [0.4, 0.5) is 4.39 Å². The monoisotopic (exact) mass is 404 g/mol. The number of hydrogen-bond donors (Lipinski definition) is 2. The number of nitrogens with zero attached hydrogens (tertiary/aromatic N) is 2. The summed E-state index contributed by atoms with van der Waals surface area (Å²) in [5, 5.41) is 7.10. The number of hydrogen-bond acceptors (Lipinski definition) is 5. The third-order valence-corrected chi connectivity index (χ3v) is 6.34. The minimum Gasteiger partial charge on any atom is -0.314 e. The Morgan fingerprint density at radius 2 is 1.75 bits per heavy atom. The van der Waals surface area contributed by atoms with Crippen molar-refractivity contribution < 1.29 is 17.6 Å². The smallest absolute Gasteiger partial charge is 0.274 e. The molecule has 1 saturated heterocycles. The van der Waals surface area contributed by atoms with Gasteiger partial charge in [0, 0.05) is 26.2 Å². The van der Waals surface area contributed by atoms with Crippen LogP contribution in [-0.4, -0.2) is 50.5 Å². The van der Waals surface area contributed by atoms with E-state index in [4.69, 9.17) is 0 Å². The molecule has 1 heterocycles. The molecule has 0 atom stereocenters. The highest BCUT2D eigenvalue weighted by atomic mass is 32.2. The standard InChI is InChI=1S/C19H21FN4O3S/c1-14(22-23-19(25)17-4-2-3-5-18(17)20)15-6-8-16(9-7-15)28(26,27)24-12-10-21-11-13-24/h2-9,21H,10-13H2,1H3,(H,23,25)/b22-14-. The van der Waals surface area contributed by atoms with Crippen LogP contribution in [0, 0.1) is 5.82 Å². The number of halogens is 1. The van der Waals surface area contributed by atoms with Crippen molar-refractivity contribution in [1.29, 1.82) is 0 Å². The zero-order valence-electron chi connectivity index (χ0n) is 15.4. The van der Waals surface area contributed by atoms with Gasteiger partial charge in [-0.25, -0.2) is 18.2 Å². The van der Waals surface area contributed by atoms with Crippen LogP contribution >= 0.6 is 0 Å². The first-order valence-corrected chi connectivity index (χ1v) is 10.2. The van der Waals surface area contributed by atoms with Crippen molar-refractivity contribution in [2.75, 3.05) is 26.2 Å². The molecular weight excluding hydrogens is 383 g/mol. The molecule has 2 aromatic rings. The van der Waals surface area contributed by atoms with Crippen LogP contribution in [0.1, 0.15) is 22.8 Å². The maximum atomic E-state index is 13.6. The van der Waals surface area contributed by atoms with Crippen molar-refractivity contribution in [3.8, 4) is 0 Å². The number of nitrogens with one attached hydrogen (secondary N) is 2. The maximum absolute atomic E-state index is 13.6. The first-order chi connectivity index (χ1) is 13.4. The fourth-order valence-electron chi connectivity index (χ4n) is 2.81. The summed E-state index contributed by atoms with van der Waals surface area (Å²) in [5.41, 5.74) is 3.32. The Hall–Kier alpha value is -2.62. The molecule has 1 amide bonds. The second-order valence-corrected chi connectivity index (χ2v) is 8.23. The first kappa shape index (κ1) is 20.1. The summed E-state index contributed by atoms with van der Waals surface area (Å²) in [4.78, 5) is 12.2. The molecule has 0 aliphatic carbocycles. The SMILES string of the molecule is C/C(=N/NC(=O)c1ccccc1F)c1ccc(S(=O)(=O)N2CCNCC2)cc1. The summed E-state index contributed by atoms with van der Waals surface area (Å²) in [6, 6.07) is 11.9. The highest BCUT2D eigenvalue weighted by Crippen LogP contribution is 2.17.